The molecule has 2 aromatic rings. The Balaban J connectivity index is 1.52. The molecule has 1 aromatic heterocycles. The molecule has 0 amide bonds. The molecule has 6 heteroatoms. The molecular weight excluding hydrogens is 324 g/mol. The predicted octanol–water partition coefficient (Wildman–Crippen LogP) is 2.44. The van der Waals surface area contributed by atoms with Crippen molar-refractivity contribution in [3.8, 4) is 6.07 Å². The van der Waals surface area contributed by atoms with E-state index in [0.29, 0.717) is 29.5 Å². The summed E-state index contributed by atoms with van der Waals surface area (Å²) in [6.07, 6.45) is 1.95. The Morgan fingerprint density at radius 3 is 2.92 bits per heavy atom. The van der Waals surface area contributed by atoms with Crippen molar-refractivity contribution >= 4 is 17.4 Å². The van der Waals surface area contributed by atoms with Crippen LogP contribution in [0.1, 0.15) is 16.7 Å². The lowest BCUT2D eigenvalue weighted by molar-refractivity contribution is 0.114. The zero-order chi connectivity index (χ0) is 16.9. The van der Waals surface area contributed by atoms with Crippen LogP contribution in [0.25, 0.3) is 0 Å². The molecule has 2 N–H and O–H groups in total. The first-order valence-electron chi connectivity index (χ1n) is 7.92. The standard InChI is InChI=1S/C18H19ClN4O/c19-17-7-13(8-20)9-21-18(17)22-10-16(24)12-23-6-5-14-3-1-2-4-15(14)11-23/h1-4,7,9,16,24H,5-6,10-12H2,(H,21,22)/t16-/m1/s1. The van der Waals surface area contributed by atoms with E-state index in [1.54, 1.807) is 6.07 Å². The van der Waals surface area contributed by atoms with Crippen molar-refractivity contribution < 1.29 is 5.11 Å². The molecule has 0 aliphatic carbocycles. The third kappa shape index (κ3) is 4.04. The number of hydrogen-bond donors (Lipinski definition) is 2. The highest BCUT2D eigenvalue weighted by molar-refractivity contribution is 6.33. The van der Waals surface area contributed by atoms with Gasteiger partial charge in [-0.25, -0.2) is 4.98 Å². The molecule has 24 heavy (non-hydrogen) atoms. The van der Waals surface area contributed by atoms with Crippen LogP contribution < -0.4 is 5.32 Å². The number of nitrogens with zero attached hydrogens (tertiary/aromatic N) is 3. The van der Waals surface area contributed by atoms with Crippen molar-refractivity contribution in [3.05, 3.63) is 58.2 Å². The van der Waals surface area contributed by atoms with Gasteiger partial charge in [-0.2, -0.15) is 5.26 Å². The molecule has 0 radical (unpaired) electrons. The van der Waals surface area contributed by atoms with Gasteiger partial charge in [0.25, 0.3) is 0 Å². The second-order valence-electron chi connectivity index (χ2n) is 5.95. The lowest BCUT2D eigenvalue weighted by atomic mass is 10.00. The van der Waals surface area contributed by atoms with E-state index in [4.69, 9.17) is 16.9 Å². The lowest BCUT2D eigenvalue weighted by Gasteiger charge is -2.30. The fraction of sp³-hybridized carbons (Fsp3) is 0.333. The SMILES string of the molecule is N#Cc1cnc(NC[C@@H](O)CN2CCc3ccccc3C2)c(Cl)c1. The van der Waals surface area contributed by atoms with Crippen molar-refractivity contribution in [1.82, 2.24) is 9.88 Å². The summed E-state index contributed by atoms with van der Waals surface area (Å²) in [4.78, 5) is 6.36. The van der Waals surface area contributed by atoms with Crippen LogP contribution in [0.2, 0.25) is 5.02 Å². The largest absolute Gasteiger partial charge is 0.390 e. The number of benzene rings is 1. The molecule has 1 aliphatic heterocycles. The van der Waals surface area contributed by atoms with E-state index in [9.17, 15) is 5.11 Å². The molecule has 0 saturated heterocycles. The minimum absolute atomic E-state index is 0.358. The van der Waals surface area contributed by atoms with Gasteiger partial charge in [-0.3, -0.25) is 4.90 Å². The third-order valence-corrected chi connectivity index (χ3v) is 4.44. The number of nitrogens with one attached hydrogen (secondary N) is 1. The van der Waals surface area contributed by atoms with Gasteiger partial charge in [0.15, 0.2) is 0 Å². The Labute approximate surface area is 146 Å². The Bertz CT molecular complexity index is 759. The molecule has 3 rings (SSSR count). The number of anilines is 1. The van der Waals surface area contributed by atoms with Gasteiger partial charge < -0.3 is 10.4 Å². The van der Waals surface area contributed by atoms with E-state index in [-0.39, 0.29) is 0 Å². The van der Waals surface area contributed by atoms with E-state index in [1.165, 1.54) is 17.3 Å². The number of pyridine rings is 1. The first-order valence-corrected chi connectivity index (χ1v) is 8.30. The van der Waals surface area contributed by atoms with Crippen LogP contribution in [0, 0.1) is 11.3 Å². The molecule has 5 nitrogen and oxygen atoms in total. The number of nitriles is 1. The highest BCUT2D eigenvalue weighted by Crippen LogP contribution is 2.20. The van der Waals surface area contributed by atoms with Crippen molar-refractivity contribution in [3.63, 3.8) is 0 Å². The molecule has 0 saturated carbocycles. The number of halogens is 1. The molecule has 124 valence electrons. The van der Waals surface area contributed by atoms with Gasteiger partial charge in [0.05, 0.1) is 16.7 Å². The number of aromatic nitrogens is 1. The summed E-state index contributed by atoms with van der Waals surface area (Å²) in [5, 5.41) is 22.5. The summed E-state index contributed by atoms with van der Waals surface area (Å²) in [7, 11) is 0. The highest BCUT2D eigenvalue weighted by Gasteiger charge is 2.18. The zero-order valence-electron chi connectivity index (χ0n) is 13.2. The third-order valence-electron chi connectivity index (χ3n) is 4.15. The van der Waals surface area contributed by atoms with Crippen LogP contribution in [0.15, 0.2) is 36.5 Å². The molecular formula is C18H19ClN4O. The van der Waals surface area contributed by atoms with Crippen LogP contribution in [-0.4, -0.2) is 40.7 Å². The number of aliphatic hydroxyl groups is 1. The maximum atomic E-state index is 10.3. The number of aliphatic hydroxyl groups excluding tert-OH is 1. The first-order chi connectivity index (χ1) is 11.7. The van der Waals surface area contributed by atoms with E-state index in [2.05, 4.69) is 39.5 Å². The van der Waals surface area contributed by atoms with Gasteiger partial charge in [-0.15, -0.1) is 0 Å². The molecule has 2 heterocycles. The van der Waals surface area contributed by atoms with Gasteiger partial charge in [0.1, 0.15) is 11.9 Å². The quantitative estimate of drug-likeness (QED) is 0.873. The molecule has 0 spiro atoms. The van der Waals surface area contributed by atoms with Crippen LogP contribution in [-0.2, 0) is 13.0 Å². The van der Waals surface area contributed by atoms with E-state index in [0.717, 1.165) is 19.5 Å². The van der Waals surface area contributed by atoms with Gasteiger partial charge in [0.2, 0.25) is 0 Å². The Kier molecular flexibility index (Phi) is 5.31. The van der Waals surface area contributed by atoms with E-state index >= 15 is 0 Å². The minimum atomic E-state index is -0.524. The fourth-order valence-electron chi connectivity index (χ4n) is 2.92. The van der Waals surface area contributed by atoms with Gasteiger partial charge in [-0.05, 0) is 23.6 Å². The predicted molar refractivity (Wildman–Crippen MR) is 93.9 cm³/mol. The van der Waals surface area contributed by atoms with Crippen LogP contribution in [0.5, 0.6) is 0 Å². The highest BCUT2D eigenvalue weighted by atomic mass is 35.5. The average Bonchev–Trinajstić information content (AvgIpc) is 2.60. The summed E-state index contributed by atoms with van der Waals surface area (Å²) in [6.45, 7) is 2.76. The molecule has 0 fully saturated rings. The Morgan fingerprint density at radius 2 is 2.17 bits per heavy atom. The van der Waals surface area contributed by atoms with Gasteiger partial charge in [0, 0.05) is 32.4 Å². The number of hydrogen-bond acceptors (Lipinski definition) is 5. The van der Waals surface area contributed by atoms with Gasteiger partial charge >= 0.3 is 0 Å². The van der Waals surface area contributed by atoms with E-state index < -0.39 is 6.10 Å². The number of β-amino-alcohol motifs (C(OH)–C–C–N with tert-alkyl or cyclic N) is 1. The topological polar surface area (TPSA) is 72.2 Å². The van der Waals surface area contributed by atoms with Crippen LogP contribution >= 0.6 is 11.6 Å². The van der Waals surface area contributed by atoms with Crippen molar-refractivity contribution in [1.29, 1.82) is 5.26 Å². The Morgan fingerprint density at radius 1 is 1.38 bits per heavy atom. The summed E-state index contributed by atoms with van der Waals surface area (Å²) in [5.41, 5.74) is 3.15. The summed E-state index contributed by atoms with van der Waals surface area (Å²) in [5.74, 6) is 0.485. The molecule has 0 unspecified atom stereocenters. The summed E-state index contributed by atoms with van der Waals surface area (Å²) < 4.78 is 0. The zero-order valence-corrected chi connectivity index (χ0v) is 14.0. The lowest BCUT2D eigenvalue weighted by Crippen LogP contribution is -2.39. The second-order valence-corrected chi connectivity index (χ2v) is 6.36. The summed E-state index contributed by atoms with van der Waals surface area (Å²) >= 11 is 6.07. The number of fused-ring (bicyclic) bond motifs is 1. The molecule has 1 aromatic carbocycles. The average molecular weight is 343 g/mol. The molecule has 1 aliphatic rings. The van der Waals surface area contributed by atoms with Crippen molar-refractivity contribution in [2.75, 3.05) is 25.0 Å². The Hall–Kier alpha value is -2.13. The van der Waals surface area contributed by atoms with Crippen molar-refractivity contribution in [2.24, 2.45) is 0 Å². The van der Waals surface area contributed by atoms with Crippen LogP contribution in [0.4, 0.5) is 5.82 Å². The maximum Gasteiger partial charge on any atom is 0.144 e. The second kappa shape index (κ2) is 7.63. The van der Waals surface area contributed by atoms with E-state index in [1.807, 2.05) is 6.07 Å². The van der Waals surface area contributed by atoms with Crippen LogP contribution in [0.3, 0.4) is 0 Å². The maximum absolute atomic E-state index is 10.3. The normalized spacial score (nSPS) is 15.4. The summed E-state index contributed by atoms with van der Waals surface area (Å²) in [6, 6.07) is 12.0. The minimum Gasteiger partial charge on any atom is -0.390 e. The smallest absolute Gasteiger partial charge is 0.144 e. The molecule has 0 bridgehead atoms. The first kappa shape index (κ1) is 16.7. The van der Waals surface area contributed by atoms with Crippen molar-refractivity contribution in [2.45, 2.75) is 19.1 Å². The monoisotopic (exact) mass is 342 g/mol. The number of rotatable bonds is 5. The molecule has 1 atom stereocenters. The van der Waals surface area contributed by atoms with Gasteiger partial charge in [-0.1, -0.05) is 35.9 Å². The fourth-order valence-corrected chi connectivity index (χ4v) is 3.15.